The van der Waals surface area contributed by atoms with Crippen LogP contribution in [0.25, 0.3) is 10.9 Å². The van der Waals surface area contributed by atoms with Crippen LogP contribution in [0, 0.1) is 0 Å². The topological polar surface area (TPSA) is 51.1 Å². The Kier molecular flexibility index (Phi) is 3.82. The molecule has 2 aromatic carbocycles. The van der Waals surface area contributed by atoms with Gasteiger partial charge in [0.1, 0.15) is 5.56 Å². The van der Waals surface area contributed by atoms with Gasteiger partial charge in [0.15, 0.2) is 0 Å². The second-order valence-corrected chi connectivity index (χ2v) is 7.07. The van der Waals surface area contributed by atoms with Crippen molar-refractivity contribution in [2.45, 2.75) is 19.4 Å². The van der Waals surface area contributed by atoms with E-state index in [1.54, 1.807) is 30.5 Å². The first-order valence-corrected chi connectivity index (χ1v) is 8.64. The van der Waals surface area contributed by atoms with Gasteiger partial charge in [-0.05, 0) is 43.2 Å². The Bertz CT molecular complexity index is 1090. The molecule has 0 spiro atoms. The third-order valence-electron chi connectivity index (χ3n) is 4.55. The fourth-order valence-electron chi connectivity index (χ4n) is 3.36. The number of anilines is 1. The third-order valence-corrected chi connectivity index (χ3v) is 5.11. The molecule has 6 heteroatoms. The van der Waals surface area contributed by atoms with E-state index in [2.05, 4.69) is 12.2 Å². The van der Waals surface area contributed by atoms with E-state index < -0.39 is 5.91 Å². The summed E-state index contributed by atoms with van der Waals surface area (Å²) in [5.74, 6) is -0.496. The Morgan fingerprint density at radius 2 is 2.04 bits per heavy atom. The molecule has 0 bridgehead atoms. The molecule has 25 heavy (non-hydrogen) atoms. The van der Waals surface area contributed by atoms with Crippen molar-refractivity contribution in [2.24, 2.45) is 0 Å². The van der Waals surface area contributed by atoms with Crippen molar-refractivity contribution in [2.75, 3.05) is 5.32 Å². The molecular weight excluding hydrogens is 359 g/mol. The van der Waals surface area contributed by atoms with Gasteiger partial charge >= 0.3 is 0 Å². The first-order chi connectivity index (χ1) is 12.0. The van der Waals surface area contributed by atoms with Gasteiger partial charge in [-0.1, -0.05) is 35.3 Å². The molecule has 4 nitrogen and oxygen atoms in total. The summed E-state index contributed by atoms with van der Waals surface area (Å²) in [4.78, 5) is 25.5. The number of nitrogens with one attached hydrogen (secondary N) is 1. The molecule has 0 fully saturated rings. The van der Waals surface area contributed by atoms with Gasteiger partial charge in [-0.3, -0.25) is 9.59 Å². The SMILES string of the molecule is C[C@@H]1Cc2cccc3c(=O)c(C(=O)Nc4cc(Cl)ccc4Cl)cn1c23. The van der Waals surface area contributed by atoms with Crippen molar-refractivity contribution in [1.82, 2.24) is 4.57 Å². The van der Waals surface area contributed by atoms with Crippen molar-refractivity contribution in [1.29, 1.82) is 0 Å². The zero-order valence-corrected chi connectivity index (χ0v) is 14.9. The van der Waals surface area contributed by atoms with Crippen molar-refractivity contribution in [3.63, 3.8) is 0 Å². The van der Waals surface area contributed by atoms with Crippen LogP contribution >= 0.6 is 23.2 Å². The first-order valence-electron chi connectivity index (χ1n) is 7.89. The highest BCUT2D eigenvalue weighted by Gasteiger charge is 2.24. The van der Waals surface area contributed by atoms with Gasteiger partial charge < -0.3 is 9.88 Å². The van der Waals surface area contributed by atoms with Crippen LogP contribution < -0.4 is 10.7 Å². The van der Waals surface area contributed by atoms with Crippen molar-refractivity contribution in [3.8, 4) is 0 Å². The number of nitrogens with zero attached hydrogens (tertiary/aromatic N) is 1. The van der Waals surface area contributed by atoms with Gasteiger partial charge in [-0.2, -0.15) is 0 Å². The normalized spacial score (nSPS) is 15.6. The number of amides is 1. The van der Waals surface area contributed by atoms with E-state index in [4.69, 9.17) is 23.2 Å². The second kappa shape index (κ2) is 5.90. The highest BCUT2D eigenvalue weighted by molar-refractivity contribution is 6.35. The van der Waals surface area contributed by atoms with Crippen LogP contribution in [-0.2, 0) is 6.42 Å². The Morgan fingerprint density at radius 3 is 2.84 bits per heavy atom. The molecule has 1 N–H and O–H groups in total. The molecule has 3 aromatic rings. The molecule has 1 amide bonds. The second-order valence-electron chi connectivity index (χ2n) is 6.22. The minimum Gasteiger partial charge on any atom is -0.343 e. The smallest absolute Gasteiger partial charge is 0.261 e. The molecule has 0 saturated heterocycles. The van der Waals surface area contributed by atoms with Gasteiger partial charge in [0.05, 0.1) is 16.2 Å². The fraction of sp³-hybridized carbons (Fsp3) is 0.158. The van der Waals surface area contributed by atoms with Crippen LogP contribution in [0.4, 0.5) is 5.69 Å². The molecule has 1 aromatic heterocycles. The summed E-state index contributed by atoms with van der Waals surface area (Å²) in [5, 5.41) is 4.06. The largest absolute Gasteiger partial charge is 0.343 e. The van der Waals surface area contributed by atoms with E-state index >= 15 is 0 Å². The monoisotopic (exact) mass is 372 g/mol. The van der Waals surface area contributed by atoms with Crippen molar-refractivity contribution >= 4 is 45.7 Å². The summed E-state index contributed by atoms with van der Waals surface area (Å²) >= 11 is 12.0. The predicted molar refractivity (Wildman–Crippen MR) is 101 cm³/mol. The van der Waals surface area contributed by atoms with Crippen LogP contribution in [0.2, 0.25) is 10.0 Å². The zero-order chi connectivity index (χ0) is 17.7. The Hall–Kier alpha value is -2.30. The zero-order valence-electron chi connectivity index (χ0n) is 13.3. The van der Waals surface area contributed by atoms with Crippen molar-refractivity contribution in [3.05, 3.63) is 74.0 Å². The van der Waals surface area contributed by atoms with Gasteiger partial charge in [0.2, 0.25) is 5.43 Å². The quantitative estimate of drug-likeness (QED) is 0.709. The summed E-state index contributed by atoms with van der Waals surface area (Å²) in [6, 6.07) is 10.6. The van der Waals surface area contributed by atoms with Gasteiger partial charge in [-0.25, -0.2) is 0 Å². The van der Waals surface area contributed by atoms with E-state index in [9.17, 15) is 9.59 Å². The summed E-state index contributed by atoms with van der Waals surface area (Å²) in [7, 11) is 0. The number of carbonyl (C=O) groups is 1. The average molecular weight is 373 g/mol. The summed E-state index contributed by atoms with van der Waals surface area (Å²) < 4.78 is 2.00. The molecule has 0 unspecified atom stereocenters. The molecule has 1 aliphatic heterocycles. The lowest BCUT2D eigenvalue weighted by atomic mass is 10.1. The number of benzene rings is 2. The van der Waals surface area contributed by atoms with E-state index in [-0.39, 0.29) is 17.0 Å². The Morgan fingerprint density at radius 1 is 1.24 bits per heavy atom. The van der Waals surface area contributed by atoms with E-state index in [0.29, 0.717) is 21.1 Å². The molecule has 4 rings (SSSR count). The number of hydrogen-bond donors (Lipinski definition) is 1. The fourth-order valence-corrected chi connectivity index (χ4v) is 3.70. The van der Waals surface area contributed by atoms with Crippen LogP contribution in [0.1, 0.15) is 28.9 Å². The molecule has 126 valence electrons. The standard InChI is InChI=1S/C19H14Cl2N2O2/c1-10-7-11-3-2-4-13-17(11)23(10)9-14(18(13)24)19(25)22-16-8-12(20)5-6-15(16)21/h2-6,8-10H,7H2,1H3,(H,22,25)/t10-/m1/s1. The first kappa shape index (κ1) is 16.2. The number of para-hydroxylation sites is 1. The minimum atomic E-state index is -0.496. The van der Waals surface area contributed by atoms with Gasteiger partial charge in [-0.15, -0.1) is 0 Å². The summed E-state index contributed by atoms with van der Waals surface area (Å²) in [6.45, 7) is 2.07. The van der Waals surface area contributed by atoms with E-state index in [0.717, 1.165) is 17.5 Å². The Labute approximate surface area is 154 Å². The maximum atomic E-state index is 12.8. The molecule has 2 heterocycles. The number of aromatic nitrogens is 1. The highest BCUT2D eigenvalue weighted by atomic mass is 35.5. The lowest BCUT2D eigenvalue weighted by Gasteiger charge is -2.13. The molecule has 1 atom stereocenters. The highest BCUT2D eigenvalue weighted by Crippen LogP contribution is 2.31. The van der Waals surface area contributed by atoms with Crippen LogP contribution in [0.3, 0.4) is 0 Å². The molecule has 0 saturated carbocycles. The lowest BCUT2D eigenvalue weighted by molar-refractivity contribution is 0.102. The molecule has 0 radical (unpaired) electrons. The third kappa shape index (κ3) is 2.62. The van der Waals surface area contributed by atoms with E-state index in [1.807, 2.05) is 16.7 Å². The Balaban J connectivity index is 1.83. The minimum absolute atomic E-state index is 0.0921. The number of carbonyl (C=O) groups excluding carboxylic acids is 1. The van der Waals surface area contributed by atoms with E-state index in [1.165, 1.54) is 0 Å². The summed E-state index contributed by atoms with van der Waals surface area (Å²) in [6.07, 6.45) is 2.49. The van der Waals surface area contributed by atoms with Crippen LogP contribution in [0.15, 0.2) is 47.4 Å². The van der Waals surface area contributed by atoms with Crippen molar-refractivity contribution < 1.29 is 4.79 Å². The maximum absolute atomic E-state index is 12.8. The number of pyridine rings is 1. The number of rotatable bonds is 2. The van der Waals surface area contributed by atoms with Gasteiger partial charge in [0.25, 0.3) is 5.91 Å². The number of hydrogen-bond acceptors (Lipinski definition) is 2. The molecular formula is C19H14Cl2N2O2. The maximum Gasteiger partial charge on any atom is 0.261 e. The molecule has 0 aliphatic carbocycles. The predicted octanol–water partition coefficient (Wildman–Crippen LogP) is 4.68. The van der Waals surface area contributed by atoms with Crippen LogP contribution in [-0.4, -0.2) is 10.5 Å². The van der Waals surface area contributed by atoms with Crippen LogP contribution in [0.5, 0.6) is 0 Å². The van der Waals surface area contributed by atoms with Gasteiger partial charge in [0, 0.05) is 22.6 Å². The summed E-state index contributed by atoms with van der Waals surface area (Å²) in [5.41, 5.74) is 2.23. The average Bonchev–Trinajstić information content (AvgIpc) is 2.90. The lowest BCUT2D eigenvalue weighted by Crippen LogP contribution is -2.24. The number of halogens is 2. The molecule has 1 aliphatic rings.